The Morgan fingerprint density at radius 3 is 2.94 bits per heavy atom. The van der Waals surface area contributed by atoms with Gasteiger partial charge in [0.05, 0.1) is 17.3 Å². The molecule has 0 aliphatic heterocycles. The fraction of sp³-hybridized carbons (Fsp3) is 0.250. The Kier molecular flexibility index (Phi) is 3.58. The van der Waals surface area contributed by atoms with E-state index < -0.39 is 10.8 Å². The molecule has 1 atom stereocenters. The molecular weight excluding hydrogens is 234 g/mol. The number of aryl methyl sites for hydroxylation is 2. The predicted octanol–water partition coefficient (Wildman–Crippen LogP) is 1.58. The summed E-state index contributed by atoms with van der Waals surface area (Å²) < 4.78 is 13.9. The van der Waals surface area contributed by atoms with Crippen molar-refractivity contribution in [2.75, 3.05) is 11.5 Å². The molecule has 0 aliphatic carbocycles. The monoisotopic (exact) mass is 249 g/mol. The number of hydrogen-bond acceptors (Lipinski definition) is 3. The average molecular weight is 249 g/mol. The van der Waals surface area contributed by atoms with Gasteiger partial charge in [-0.15, -0.1) is 0 Å². The molecule has 1 unspecified atom stereocenters. The van der Waals surface area contributed by atoms with E-state index in [1.807, 2.05) is 31.3 Å². The second-order valence-corrected chi connectivity index (χ2v) is 5.38. The van der Waals surface area contributed by atoms with Gasteiger partial charge in [-0.2, -0.15) is 5.10 Å². The van der Waals surface area contributed by atoms with Crippen LogP contribution in [0.1, 0.15) is 5.56 Å². The highest BCUT2D eigenvalue weighted by molar-refractivity contribution is 7.85. The highest BCUT2D eigenvalue weighted by Gasteiger charge is 2.07. The highest BCUT2D eigenvalue weighted by atomic mass is 32.2. The molecule has 0 saturated heterocycles. The van der Waals surface area contributed by atoms with Crippen LogP contribution < -0.4 is 5.73 Å². The van der Waals surface area contributed by atoms with E-state index >= 15 is 0 Å². The van der Waals surface area contributed by atoms with Gasteiger partial charge in [0, 0.05) is 28.7 Å². The van der Waals surface area contributed by atoms with Gasteiger partial charge in [0.25, 0.3) is 0 Å². The van der Waals surface area contributed by atoms with E-state index in [1.165, 1.54) is 0 Å². The van der Waals surface area contributed by atoms with Gasteiger partial charge < -0.3 is 5.73 Å². The van der Waals surface area contributed by atoms with Crippen LogP contribution in [0.2, 0.25) is 0 Å². The van der Waals surface area contributed by atoms with Gasteiger partial charge in [0.2, 0.25) is 0 Å². The fourth-order valence-electron chi connectivity index (χ4n) is 1.65. The molecule has 1 aromatic heterocycles. The molecule has 2 rings (SSSR count). The lowest BCUT2D eigenvalue weighted by Gasteiger charge is -2.07. The number of nitrogens with zero attached hydrogens (tertiary/aromatic N) is 2. The third kappa shape index (κ3) is 2.94. The minimum atomic E-state index is -1.00. The Morgan fingerprint density at radius 2 is 2.29 bits per heavy atom. The second kappa shape index (κ2) is 5.14. The quantitative estimate of drug-likeness (QED) is 0.837. The van der Waals surface area contributed by atoms with Crippen molar-refractivity contribution >= 4 is 16.5 Å². The van der Waals surface area contributed by atoms with Crippen LogP contribution in [0.5, 0.6) is 0 Å². The van der Waals surface area contributed by atoms with Gasteiger partial charge in [-0.05, 0) is 36.8 Å². The van der Waals surface area contributed by atoms with Crippen LogP contribution in [-0.2, 0) is 17.3 Å². The number of benzene rings is 1. The van der Waals surface area contributed by atoms with E-state index in [0.29, 0.717) is 18.0 Å². The molecule has 17 heavy (non-hydrogen) atoms. The summed E-state index contributed by atoms with van der Waals surface area (Å²) in [6.45, 7) is 2.58. The summed E-state index contributed by atoms with van der Waals surface area (Å²) in [5, 5.41) is 4.08. The first-order valence-electron chi connectivity index (χ1n) is 5.39. The summed E-state index contributed by atoms with van der Waals surface area (Å²) in [6, 6.07) is 7.33. The summed E-state index contributed by atoms with van der Waals surface area (Å²) in [7, 11) is -1.00. The number of anilines is 1. The molecule has 4 nitrogen and oxygen atoms in total. The van der Waals surface area contributed by atoms with E-state index in [9.17, 15) is 4.21 Å². The number of hydrogen-bond donors (Lipinski definition) is 1. The van der Waals surface area contributed by atoms with E-state index in [4.69, 9.17) is 5.73 Å². The summed E-state index contributed by atoms with van der Waals surface area (Å²) in [4.78, 5) is 0.853. The third-order valence-electron chi connectivity index (χ3n) is 2.51. The smallest absolute Gasteiger partial charge is 0.0550 e. The minimum absolute atomic E-state index is 0.562. The minimum Gasteiger partial charge on any atom is -0.399 e. The Balaban J connectivity index is 2.04. The van der Waals surface area contributed by atoms with Gasteiger partial charge in [-0.3, -0.25) is 8.89 Å². The van der Waals surface area contributed by atoms with Crippen LogP contribution in [0.3, 0.4) is 0 Å². The molecule has 2 N–H and O–H groups in total. The number of nitrogens with two attached hydrogens (primary N) is 1. The lowest BCUT2D eigenvalue weighted by molar-refractivity contribution is 0.644. The topological polar surface area (TPSA) is 60.9 Å². The Labute approximate surface area is 103 Å². The van der Waals surface area contributed by atoms with Gasteiger partial charge in [0.15, 0.2) is 0 Å². The molecule has 0 bridgehead atoms. The third-order valence-corrected chi connectivity index (χ3v) is 4.01. The van der Waals surface area contributed by atoms with Crippen molar-refractivity contribution in [1.29, 1.82) is 0 Å². The summed E-state index contributed by atoms with van der Waals surface area (Å²) in [5.74, 6) is 0.562. The maximum atomic E-state index is 12.1. The molecule has 0 radical (unpaired) electrons. The zero-order valence-corrected chi connectivity index (χ0v) is 10.5. The van der Waals surface area contributed by atoms with Crippen molar-refractivity contribution < 1.29 is 4.21 Å². The summed E-state index contributed by atoms with van der Waals surface area (Å²) in [5.41, 5.74) is 7.35. The van der Waals surface area contributed by atoms with Crippen LogP contribution in [0.4, 0.5) is 5.69 Å². The normalized spacial score (nSPS) is 12.5. The molecule has 5 heteroatoms. The molecule has 1 heterocycles. The van der Waals surface area contributed by atoms with Gasteiger partial charge in [-0.25, -0.2) is 0 Å². The van der Waals surface area contributed by atoms with Crippen molar-refractivity contribution in [3.8, 4) is 0 Å². The molecular formula is C12H15N3OS. The molecule has 0 fully saturated rings. The van der Waals surface area contributed by atoms with E-state index in [2.05, 4.69) is 5.10 Å². The standard InChI is InChI=1S/C12H15N3OS/c1-10-9-11(13)3-4-12(10)17(16)8-7-15-6-2-5-14-15/h2-6,9H,7-8,13H2,1H3. The first-order chi connectivity index (χ1) is 8.16. The lowest BCUT2D eigenvalue weighted by Crippen LogP contribution is -2.09. The van der Waals surface area contributed by atoms with Crippen molar-refractivity contribution in [1.82, 2.24) is 9.78 Å². The molecule has 0 spiro atoms. The lowest BCUT2D eigenvalue weighted by atomic mass is 10.2. The molecule has 90 valence electrons. The molecule has 2 aromatic rings. The molecule has 0 amide bonds. The van der Waals surface area contributed by atoms with Crippen LogP contribution in [-0.4, -0.2) is 19.7 Å². The SMILES string of the molecule is Cc1cc(N)ccc1S(=O)CCn1cccn1. The number of aromatic nitrogens is 2. The summed E-state index contributed by atoms with van der Waals surface area (Å²) in [6.07, 6.45) is 3.59. The van der Waals surface area contributed by atoms with Crippen LogP contribution in [0.25, 0.3) is 0 Å². The largest absolute Gasteiger partial charge is 0.399 e. The van der Waals surface area contributed by atoms with Crippen molar-refractivity contribution in [2.24, 2.45) is 0 Å². The maximum absolute atomic E-state index is 12.1. The van der Waals surface area contributed by atoms with Gasteiger partial charge in [-0.1, -0.05) is 0 Å². The zero-order valence-electron chi connectivity index (χ0n) is 9.67. The van der Waals surface area contributed by atoms with Crippen molar-refractivity contribution in [2.45, 2.75) is 18.4 Å². The zero-order chi connectivity index (χ0) is 12.3. The number of nitrogen functional groups attached to an aromatic ring is 1. The summed E-state index contributed by atoms with van der Waals surface area (Å²) >= 11 is 0. The Bertz CT molecular complexity index is 523. The predicted molar refractivity (Wildman–Crippen MR) is 69.1 cm³/mol. The average Bonchev–Trinajstić information content (AvgIpc) is 2.78. The van der Waals surface area contributed by atoms with Crippen LogP contribution in [0.15, 0.2) is 41.6 Å². The van der Waals surface area contributed by atoms with Gasteiger partial charge >= 0.3 is 0 Å². The maximum Gasteiger partial charge on any atom is 0.0550 e. The first kappa shape index (κ1) is 11.9. The van der Waals surface area contributed by atoms with E-state index in [0.717, 1.165) is 10.5 Å². The second-order valence-electron chi connectivity index (χ2n) is 3.84. The van der Waals surface area contributed by atoms with Crippen molar-refractivity contribution in [3.63, 3.8) is 0 Å². The van der Waals surface area contributed by atoms with E-state index in [1.54, 1.807) is 16.9 Å². The van der Waals surface area contributed by atoms with Gasteiger partial charge in [0.1, 0.15) is 0 Å². The van der Waals surface area contributed by atoms with Crippen LogP contribution in [0, 0.1) is 6.92 Å². The van der Waals surface area contributed by atoms with E-state index in [-0.39, 0.29) is 0 Å². The fourth-order valence-corrected chi connectivity index (χ4v) is 2.86. The Morgan fingerprint density at radius 1 is 1.47 bits per heavy atom. The van der Waals surface area contributed by atoms with Crippen molar-refractivity contribution in [3.05, 3.63) is 42.2 Å². The first-order valence-corrected chi connectivity index (χ1v) is 6.70. The number of rotatable bonds is 4. The molecule has 0 aliphatic rings. The Hall–Kier alpha value is -1.62. The molecule has 0 saturated carbocycles. The highest BCUT2D eigenvalue weighted by Crippen LogP contribution is 2.16. The van der Waals surface area contributed by atoms with Crippen LogP contribution >= 0.6 is 0 Å². The molecule has 1 aromatic carbocycles.